The van der Waals surface area contributed by atoms with Crippen LogP contribution in [-0.2, 0) is 4.79 Å². The Morgan fingerprint density at radius 1 is 1.29 bits per heavy atom. The van der Waals surface area contributed by atoms with Crippen molar-refractivity contribution in [2.75, 3.05) is 12.8 Å². The molecule has 0 saturated heterocycles. The molecular formula is C13H26N2OS. The summed E-state index contributed by atoms with van der Waals surface area (Å²) < 4.78 is 0. The maximum atomic E-state index is 12.1. The van der Waals surface area contributed by atoms with Gasteiger partial charge >= 0.3 is 0 Å². The monoisotopic (exact) mass is 258 g/mol. The van der Waals surface area contributed by atoms with Crippen molar-refractivity contribution in [3.05, 3.63) is 0 Å². The van der Waals surface area contributed by atoms with E-state index >= 15 is 0 Å². The van der Waals surface area contributed by atoms with Crippen molar-refractivity contribution in [3.8, 4) is 0 Å². The number of thioether (sulfide) groups is 1. The van der Waals surface area contributed by atoms with Crippen LogP contribution in [0.3, 0.4) is 0 Å². The van der Waals surface area contributed by atoms with Gasteiger partial charge in [0, 0.05) is 11.3 Å². The largest absolute Gasteiger partial charge is 0.352 e. The van der Waals surface area contributed by atoms with Crippen molar-refractivity contribution in [3.63, 3.8) is 0 Å². The Morgan fingerprint density at radius 3 is 2.35 bits per heavy atom. The Hall–Kier alpha value is -0.220. The molecule has 0 aliphatic heterocycles. The summed E-state index contributed by atoms with van der Waals surface area (Å²) in [7, 11) is 0. The first-order valence-corrected chi connectivity index (χ1v) is 7.87. The summed E-state index contributed by atoms with van der Waals surface area (Å²) in [4.78, 5) is 12.1. The first-order chi connectivity index (χ1) is 7.99. The van der Waals surface area contributed by atoms with E-state index in [9.17, 15) is 4.79 Å². The first-order valence-electron chi connectivity index (χ1n) is 6.58. The molecule has 0 unspecified atom stereocenters. The summed E-state index contributed by atoms with van der Waals surface area (Å²) >= 11 is 1.96. The second kappa shape index (κ2) is 6.64. The highest BCUT2D eigenvalue weighted by molar-refractivity contribution is 7.99. The van der Waals surface area contributed by atoms with Gasteiger partial charge in [0.15, 0.2) is 0 Å². The van der Waals surface area contributed by atoms with Crippen LogP contribution in [0.25, 0.3) is 0 Å². The Kier molecular flexibility index (Phi) is 5.80. The van der Waals surface area contributed by atoms with E-state index in [0.717, 1.165) is 24.6 Å². The van der Waals surface area contributed by atoms with Gasteiger partial charge in [0.25, 0.3) is 0 Å². The second-order valence-electron chi connectivity index (χ2n) is 5.34. The van der Waals surface area contributed by atoms with Crippen LogP contribution >= 0.6 is 11.8 Å². The number of amides is 1. The summed E-state index contributed by atoms with van der Waals surface area (Å²) in [6.07, 6.45) is 6.89. The maximum absolute atomic E-state index is 12.1. The van der Waals surface area contributed by atoms with Crippen molar-refractivity contribution in [1.29, 1.82) is 0 Å². The third-order valence-electron chi connectivity index (χ3n) is 3.53. The van der Waals surface area contributed by atoms with E-state index in [4.69, 9.17) is 0 Å². The van der Waals surface area contributed by atoms with Gasteiger partial charge < -0.3 is 10.6 Å². The van der Waals surface area contributed by atoms with Gasteiger partial charge in [0.2, 0.25) is 5.91 Å². The summed E-state index contributed by atoms with van der Waals surface area (Å²) in [6, 6.07) is 0.379. The van der Waals surface area contributed by atoms with Gasteiger partial charge in [-0.1, -0.05) is 6.92 Å². The van der Waals surface area contributed by atoms with Crippen LogP contribution in [-0.4, -0.2) is 35.5 Å². The highest BCUT2D eigenvalue weighted by atomic mass is 32.2. The molecule has 0 aromatic heterocycles. The fourth-order valence-corrected chi connectivity index (χ4v) is 3.07. The van der Waals surface area contributed by atoms with E-state index in [1.165, 1.54) is 12.8 Å². The van der Waals surface area contributed by atoms with Crippen LogP contribution in [0, 0.1) is 0 Å². The molecule has 17 heavy (non-hydrogen) atoms. The van der Waals surface area contributed by atoms with Crippen LogP contribution in [0.4, 0.5) is 0 Å². The van der Waals surface area contributed by atoms with Gasteiger partial charge in [-0.25, -0.2) is 0 Å². The Labute approximate surface area is 109 Å². The molecule has 0 radical (unpaired) electrons. The SMILES string of the molecule is CCNC(C)(C)C(=O)NC1CCC(SC)CC1. The molecule has 1 amide bonds. The minimum absolute atomic E-state index is 0.131. The van der Waals surface area contributed by atoms with E-state index in [2.05, 4.69) is 16.9 Å². The Morgan fingerprint density at radius 2 is 1.88 bits per heavy atom. The van der Waals surface area contributed by atoms with Gasteiger partial charge in [-0.2, -0.15) is 11.8 Å². The minimum atomic E-state index is -0.453. The lowest BCUT2D eigenvalue weighted by atomic mass is 9.93. The third kappa shape index (κ3) is 4.51. The molecule has 3 nitrogen and oxygen atoms in total. The van der Waals surface area contributed by atoms with Crippen LogP contribution in [0.1, 0.15) is 46.5 Å². The maximum Gasteiger partial charge on any atom is 0.239 e. The van der Waals surface area contributed by atoms with Gasteiger partial charge in [-0.05, 0) is 52.3 Å². The molecule has 0 aromatic carbocycles. The number of hydrogen-bond donors (Lipinski definition) is 2. The van der Waals surface area contributed by atoms with Crippen molar-refractivity contribution >= 4 is 17.7 Å². The number of nitrogens with one attached hydrogen (secondary N) is 2. The lowest BCUT2D eigenvalue weighted by Crippen LogP contribution is -2.55. The highest BCUT2D eigenvalue weighted by Gasteiger charge is 2.29. The standard InChI is InChI=1S/C13H26N2OS/c1-5-14-13(2,3)12(16)15-10-6-8-11(17-4)9-7-10/h10-11,14H,5-9H2,1-4H3,(H,15,16). The molecule has 1 rings (SSSR count). The topological polar surface area (TPSA) is 41.1 Å². The van der Waals surface area contributed by atoms with E-state index in [0.29, 0.717) is 6.04 Å². The average molecular weight is 258 g/mol. The van der Waals surface area contributed by atoms with Crippen molar-refractivity contribution in [2.24, 2.45) is 0 Å². The average Bonchev–Trinajstić information content (AvgIpc) is 2.30. The van der Waals surface area contributed by atoms with Gasteiger partial charge in [-0.3, -0.25) is 4.79 Å². The molecule has 2 N–H and O–H groups in total. The number of carbonyl (C=O) groups excluding carboxylic acids is 1. The van der Waals surface area contributed by atoms with Gasteiger partial charge in [0.1, 0.15) is 0 Å². The molecule has 1 aliphatic rings. The zero-order chi connectivity index (χ0) is 12.9. The second-order valence-corrected chi connectivity index (χ2v) is 6.48. The molecule has 0 spiro atoms. The molecule has 4 heteroatoms. The number of carbonyl (C=O) groups is 1. The molecular weight excluding hydrogens is 232 g/mol. The van der Waals surface area contributed by atoms with E-state index in [1.807, 2.05) is 32.5 Å². The van der Waals surface area contributed by atoms with Gasteiger partial charge in [-0.15, -0.1) is 0 Å². The van der Waals surface area contributed by atoms with E-state index in [1.54, 1.807) is 0 Å². The zero-order valence-electron chi connectivity index (χ0n) is 11.5. The fourth-order valence-electron chi connectivity index (χ4n) is 2.33. The summed E-state index contributed by atoms with van der Waals surface area (Å²) in [5.41, 5.74) is -0.453. The summed E-state index contributed by atoms with van der Waals surface area (Å²) in [5, 5.41) is 7.19. The molecule has 0 bridgehead atoms. The van der Waals surface area contributed by atoms with Crippen LogP contribution in [0.15, 0.2) is 0 Å². The fraction of sp³-hybridized carbons (Fsp3) is 0.923. The van der Waals surface area contributed by atoms with E-state index < -0.39 is 5.54 Å². The Balaban J connectivity index is 2.37. The lowest BCUT2D eigenvalue weighted by molar-refractivity contribution is -0.127. The van der Waals surface area contributed by atoms with Crippen molar-refractivity contribution in [1.82, 2.24) is 10.6 Å². The molecule has 100 valence electrons. The summed E-state index contributed by atoms with van der Waals surface area (Å²) in [5.74, 6) is 0.131. The predicted molar refractivity (Wildman–Crippen MR) is 75.5 cm³/mol. The van der Waals surface area contributed by atoms with Gasteiger partial charge in [0.05, 0.1) is 5.54 Å². The quantitative estimate of drug-likeness (QED) is 0.794. The number of hydrogen-bond acceptors (Lipinski definition) is 3. The van der Waals surface area contributed by atoms with Crippen LogP contribution in [0.5, 0.6) is 0 Å². The van der Waals surface area contributed by atoms with E-state index in [-0.39, 0.29) is 5.91 Å². The zero-order valence-corrected chi connectivity index (χ0v) is 12.3. The molecule has 1 fully saturated rings. The third-order valence-corrected chi connectivity index (χ3v) is 4.67. The number of likely N-dealkylation sites (N-methyl/N-ethyl adjacent to an activating group) is 1. The lowest BCUT2D eigenvalue weighted by Gasteiger charge is -2.32. The molecule has 0 aromatic rings. The van der Waals surface area contributed by atoms with Crippen molar-refractivity contribution < 1.29 is 4.79 Å². The minimum Gasteiger partial charge on any atom is -0.352 e. The Bertz CT molecular complexity index is 248. The normalized spacial score (nSPS) is 25.6. The highest BCUT2D eigenvalue weighted by Crippen LogP contribution is 2.27. The van der Waals surface area contributed by atoms with Crippen LogP contribution < -0.4 is 10.6 Å². The molecule has 1 aliphatic carbocycles. The first kappa shape index (κ1) is 14.8. The number of rotatable bonds is 5. The smallest absolute Gasteiger partial charge is 0.239 e. The summed E-state index contributed by atoms with van der Waals surface area (Å²) in [6.45, 7) is 6.73. The van der Waals surface area contributed by atoms with Crippen molar-refractivity contribution in [2.45, 2.75) is 63.3 Å². The molecule has 0 atom stereocenters. The van der Waals surface area contributed by atoms with Crippen LogP contribution in [0.2, 0.25) is 0 Å². The predicted octanol–water partition coefficient (Wildman–Crippen LogP) is 2.16. The molecule has 0 heterocycles. The molecule has 1 saturated carbocycles.